The summed E-state index contributed by atoms with van der Waals surface area (Å²) in [6.07, 6.45) is 4.76. The number of rotatable bonds is 1. The number of amides is 1. The second kappa shape index (κ2) is 5.98. The van der Waals surface area contributed by atoms with E-state index in [-0.39, 0.29) is 11.3 Å². The molecule has 21 heavy (non-hydrogen) atoms. The minimum absolute atomic E-state index is 0.0911. The average molecular weight is 307 g/mol. The third-order valence-corrected chi connectivity index (χ3v) is 5.43. The molecule has 0 bridgehead atoms. The van der Waals surface area contributed by atoms with Crippen molar-refractivity contribution in [3.8, 4) is 0 Å². The number of carbonyl (C=O) groups excluding carboxylic acids is 1. The van der Waals surface area contributed by atoms with Crippen LogP contribution in [0.2, 0.25) is 5.02 Å². The van der Waals surface area contributed by atoms with Gasteiger partial charge in [-0.15, -0.1) is 0 Å². The Morgan fingerprint density at radius 3 is 2.90 bits per heavy atom. The summed E-state index contributed by atoms with van der Waals surface area (Å²) in [4.78, 5) is 14.8. The number of hydrogen-bond donors (Lipinski definition) is 1. The summed E-state index contributed by atoms with van der Waals surface area (Å²) in [5.74, 6) is 0.0911. The molecule has 1 unspecified atom stereocenters. The van der Waals surface area contributed by atoms with Crippen LogP contribution >= 0.6 is 11.6 Å². The molecule has 2 saturated heterocycles. The van der Waals surface area contributed by atoms with E-state index in [9.17, 15) is 4.79 Å². The summed E-state index contributed by atoms with van der Waals surface area (Å²) in [5, 5.41) is 4.10. The zero-order valence-corrected chi connectivity index (χ0v) is 13.4. The summed E-state index contributed by atoms with van der Waals surface area (Å²) in [7, 11) is 0. The molecule has 0 saturated carbocycles. The maximum absolute atomic E-state index is 12.8. The molecule has 1 aromatic rings. The molecule has 1 aromatic carbocycles. The predicted molar refractivity (Wildman–Crippen MR) is 85.9 cm³/mol. The van der Waals surface area contributed by atoms with Crippen molar-refractivity contribution >= 4 is 17.5 Å². The molecule has 3 nitrogen and oxygen atoms in total. The van der Waals surface area contributed by atoms with Gasteiger partial charge in [0.2, 0.25) is 0 Å². The maximum Gasteiger partial charge on any atom is 0.255 e. The van der Waals surface area contributed by atoms with Gasteiger partial charge in [0.1, 0.15) is 0 Å². The first-order chi connectivity index (χ1) is 10.1. The number of nitrogens with one attached hydrogen (secondary N) is 1. The minimum atomic E-state index is 0.0911. The summed E-state index contributed by atoms with van der Waals surface area (Å²) in [5.41, 5.74) is 1.90. The highest BCUT2D eigenvalue weighted by atomic mass is 35.5. The van der Waals surface area contributed by atoms with Crippen LogP contribution in [0.4, 0.5) is 0 Å². The molecule has 4 heteroatoms. The molecule has 114 valence electrons. The smallest absolute Gasteiger partial charge is 0.255 e. The number of aryl methyl sites for hydroxylation is 1. The van der Waals surface area contributed by atoms with Gasteiger partial charge >= 0.3 is 0 Å². The van der Waals surface area contributed by atoms with E-state index in [0.29, 0.717) is 10.6 Å². The first-order valence-corrected chi connectivity index (χ1v) is 8.24. The standard InChI is InChI=1S/C17H23ClN2O/c1-13-5-2-6-14(15(13)18)16(21)20-10-4-8-17(12-20)7-3-9-19-11-17/h2,5-6,19H,3-4,7-12H2,1H3. The molecule has 2 fully saturated rings. The van der Waals surface area contributed by atoms with Gasteiger partial charge in [-0.2, -0.15) is 0 Å². The molecule has 1 N–H and O–H groups in total. The van der Waals surface area contributed by atoms with Crippen LogP contribution in [0.15, 0.2) is 18.2 Å². The lowest BCUT2D eigenvalue weighted by molar-refractivity contribution is 0.0434. The normalized spacial score (nSPS) is 26.1. The van der Waals surface area contributed by atoms with E-state index in [4.69, 9.17) is 11.6 Å². The fraction of sp³-hybridized carbons (Fsp3) is 0.588. The van der Waals surface area contributed by atoms with Crippen molar-refractivity contribution in [2.75, 3.05) is 26.2 Å². The van der Waals surface area contributed by atoms with Crippen LogP contribution in [0.5, 0.6) is 0 Å². The SMILES string of the molecule is Cc1cccc(C(=O)N2CCCC3(CCCNC3)C2)c1Cl. The fourth-order valence-electron chi connectivity index (χ4n) is 3.74. The van der Waals surface area contributed by atoms with Gasteiger partial charge in [-0.1, -0.05) is 23.7 Å². The van der Waals surface area contributed by atoms with Crippen molar-refractivity contribution < 1.29 is 4.79 Å². The number of nitrogens with zero attached hydrogens (tertiary/aromatic N) is 1. The molecule has 2 heterocycles. The molecule has 3 rings (SSSR count). The van der Waals surface area contributed by atoms with Gasteiger partial charge in [-0.3, -0.25) is 4.79 Å². The number of halogens is 1. The Labute approximate surface area is 131 Å². The van der Waals surface area contributed by atoms with E-state index in [2.05, 4.69) is 5.32 Å². The quantitative estimate of drug-likeness (QED) is 0.864. The first-order valence-electron chi connectivity index (χ1n) is 7.86. The van der Waals surface area contributed by atoms with E-state index in [1.54, 1.807) is 0 Å². The minimum Gasteiger partial charge on any atom is -0.338 e. The second-order valence-corrected chi connectivity index (χ2v) is 6.93. The van der Waals surface area contributed by atoms with Gasteiger partial charge in [0.25, 0.3) is 5.91 Å². The number of piperidine rings is 2. The number of likely N-dealkylation sites (tertiary alicyclic amines) is 1. The van der Waals surface area contributed by atoms with Crippen LogP contribution in [0, 0.1) is 12.3 Å². The Balaban J connectivity index is 1.79. The Hall–Kier alpha value is -1.06. The van der Waals surface area contributed by atoms with Gasteiger partial charge in [0.05, 0.1) is 10.6 Å². The second-order valence-electron chi connectivity index (χ2n) is 6.55. The highest BCUT2D eigenvalue weighted by molar-refractivity contribution is 6.34. The lowest BCUT2D eigenvalue weighted by Crippen LogP contribution is -2.52. The van der Waals surface area contributed by atoms with Gasteiger partial charge in [0, 0.05) is 25.0 Å². The molecular formula is C17H23ClN2O. The monoisotopic (exact) mass is 306 g/mol. The molecule has 1 spiro atoms. The summed E-state index contributed by atoms with van der Waals surface area (Å²) in [6, 6.07) is 5.70. The number of hydrogen-bond acceptors (Lipinski definition) is 2. The molecule has 0 aliphatic carbocycles. The van der Waals surface area contributed by atoms with Gasteiger partial charge in [0.15, 0.2) is 0 Å². The van der Waals surface area contributed by atoms with Gasteiger partial charge in [-0.05, 0) is 50.8 Å². The molecule has 0 aromatic heterocycles. The van der Waals surface area contributed by atoms with Crippen LogP contribution in [0.3, 0.4) is 0 Å². The predicted octanol–water partition coefficient (Wildman–Crippen LogP) is 3.25. The lowest BCUT2D eigenvalue weighted by Gasteiger charge is -2.45. The highest BCUT2D eigenvalue weighted by Crippen LogP contribution is 2.36. The van der Waals surface area contributed by atoms with E-state index < -0.39 is 0 Å². The van der Waals surface area contributed by atoms with Gasteiger partial charge < -0.3 is 10.2 Å². The molecule has 2 aliphatic heterocycles. The first kappa shape index (κ1) is 14.9. The van der Waals surface area contributed by atoms with Crippen LogP contribution in [0.1, 0.15) is 41.6 Å². The number of carbonyl (C=O) groups is 1. The van der Waals surface area contributed by atoms with Crippen LogP contribution in [0.25, 0.3) is 0 Å². The Morgan fingerprint density at radius 2 is 2.14 bits per heavy atom. The Kier molecular flexibility index (Phi) is 4.23. The molecular weight excluding hydrogens is 284 g/mol. The van der Waals surface area contributed by atoms with Crippen LogP contribution in [-0.4, -0.2) is 37.0 Å². The van der Waals surface area contributed by atoms with Crippen molar-refractivity contribution in [1.82, 2.24) is 10.2 Å². The van der Waals surface area contributed by atoms with Crippen molar-refractivity contribution in [1.29, 1.82) is 0 Å². The Bertz CT molecular complexity index is 532. The zero-order chi connectivity index (χ0) is 14.9. The molecule has 1 amide bonds. The summed E-state index contributed by atoms with van der Waals surface area (Å²) in [6.45, 7) is 5.81. The van der Waals surface area contributed by atoms with E-state index in [1.807, 2.05) is 30.0 Å². The number of benzene rings is 1. The van der Waals surface area contributed by atoms with E-state index in [1.165, 1.54) is 19.3 Å². The van der Waals surface area contributed by atoms with Crippen LogP contribution < -0.4 is 5.32 Å². The van der Waals surface area contributed by atoms with Gasteiger partial charge in [-0.25, -0.2) is 0 Å². The van der Waals surface area contributed by atoms with E-state index >= 15 is 0 Å². The van der Waals surface area contributed by atoms with Crippen molar-refractivity contribution in [3.05, 3.63) is 34.3 Å². The van der Waals surface area contributed by atoms with Crippen molar-refractivity contribution in [2.24, 2.45) is 5.41 Å². The third-order valence-electron chi connectivity index (χ3n) is 4.93. The molecule has 2 aliphatic rings. The Morgan fingerprint density at radius 1 is 1.33 bits per heavy atom. The molecule has 0 radical (unpaired) electrons. The highest BCUT2D eigenvalue weighted by Gasteiger charge is 2.38. The zero-order valence-electron chi connectivity index (χ0n) is 12.6. The fourth-order valence-corrected chi connectivity index (χ4v) is 3.95. The van der Waals surface area contributed by atoms with E-state index in [0.717, 1.165) is 38.2 Å². The maximum atomic E-state index is 12.8. The summed E-state index contributed by atoms with van der Waals surface area (Å²) < 4.78 is 0. The molecule has 1 atom stereocenters. The topological polar surface area (TPSA) is 32.3 Å². The summed E-state index contributed by atoms with van der Waals surface area (Å²) >= 11 is 6.32. The van der Waals surface area contributed by atoms with Crippen molar-refractivity contribution in [2.45, 2.75) is 32.6 Å². The lowest BCUT2D eigenvalue weighted by atomic mass is 9.74. The third kappa shape index (κ3) is 2.95. The average Bonchev–Trinajstić information content (AvgIpc) is 2.50. The van der Waals surface area contributed by atoms with Crippen molar-refractivity contribution in [3.63, 3.8) is 0 Å². The van der Waals surface area contributed by atoms with Crippen LogP contribution in [-0.2, 0) is 0 Å². The largest absolute Gasteiger partial charge is 0.338 e.